The van der Waals surface area contributed by atoms with Crippen LogP contribution in [0.5, 0.6) is 0 Å². The third-order valence-corrected chi connectivity index (χ3v) is 4.12. The van der Waals surface area contributed by atoms with Crippen LogP contribution in [0.4, 0.5) is 11.6 Å². The molecule has 4 heteroatoms. The number of piperidine rings is 1. The molecule has 1 aromatic heterocycles. The Hall–Kier alpha value is -1.32. The normalized spacial score (nSPS) is 16.8. The van der Waals surface area contributed by atoms with Gasteiger partial charge >= 0.3 is 0 Å². The van der Waals surface area contributed by atoms with Gasteiger partial charge in [-0.3, -0.25) is 0 Å². The van der Waals surface area contributed by atoms with Crippen molar-refractivity contribution in [1.29, 1.82) is 0 Å². The molecule has 1 aromatic rings. The zero-order valence-electron chi connectivity index (χ0n) is 13.3. The highest BCUT2D eigenvalue weighted by Crippen LogP contribution is 2.26. The molecule has 4 nitrogen and oxygen atoms in total. The Morgan fingerprint density at radius 1 is 1.25 bits per heavy atom. The molecule has 0 aliphatic carbocycles. The molecule has 1 fully saturated rings. The summed E-state index contributed by atoms with van der Waals surface area (Å²) in [6.07, 6.45) is 3.87. The summed E-state index contributed by atoms with van der Waals surface area (Å²) < 4.78 is 0. The number of hydrogen-bond donors (Lipinski definition) is 1. The van der Waals surface area contributed by atoms with E-state index in [2.05, 4.69) is 49.0 Å². The summed E-state index contributed by atoms with van der Waals surface area (Å²) in [5, 5.41) is 3.32. The molecule has 0 radical (unpaired) electrons. The molecule has 112 valence electrons. The number of hydrogen-bond acceptors (Lipinski definition) is 4. The lowest BCUT2D eigenvalue weighted by molar-refractivity contribution is 0.393. The number of nitrogens with zero attached hydrogens (tertiary/aromatic N) is 3. The van der Waals surface area contributed by atoms with Crippen molar-refractivity contribution in [3.63, 3.8) is 0 Å². The van der Waals surface area contributed by atoms with Crippen LogP contribution in [-0.2, 0) is 0 Å². The van der Waals surface area contributed by atoms with Gasteiger partial charge in [0.05, 0.1) is 0 Å². The molecule has 0 aromatic carbocycles. The Balaban J connectivity index is 2.17. The van der Waals surface area contributed by atoms with Crippen LogP contribution in [0.1, 0.15) is 58.7 Å². The lowest BCUT2D eigenvalue weighted by Crippen LogP contribution is -2.34. The average Bonchev–Trinajstić information content (AvgIpc) is 2.47. The Bertz CT molecular complexity index is 422. The van der Waals surface area contributed by atoms with Crippen LogP contribution in [0.3, 0.4) is 0 Å². The third kappa shape index (κ3) is 3.62. The fourth-order valence-corrected chi connectivity index (χ4v) is 2.71. The predicted octanol–water partition coefficient (Wildman–Crippen LogP) is 3.66. The van der Waals surface area contributed by atoms with Gasteiger partial charge in [0, 0.05) is 31.6 Å². The molecule has 0 atom stereocenters. The fraction of sp³-hybridized carbons (Fsp3) is 0.750. The monoisotopic (exact) mass is 276 g/mol. The third-order valence-electron chi connectivity index (χ3n) is 4.12. The molecule has 2 heterocycles. The van der Waals surface area contributed by atoms with Gasteiger partial charge in [-0.2, -0.15) is 0 Å². The second-order valence-corrected chi connectivity index (χ2v) is 5.99. The summed E-state index contributed by atoms with van der Waals surface area (Å²) in [6.45, 7) is 11.8. The summed E-state index contributed by atoms with van der Waals surface area (Å²) in [4.78, 5) is 11.8. The van der Waals surface area contributed by atoms with Crippen molar-refractivity contribution < 1.29 is 0 Å². The SMILES string of the molecule is CCNc1cc(N2CCC(CC)CC2)nc(C(C)C)n1. The lowest BCUT2D eigenvalue weighted by Gasteiger charge is -2.32. The van der Waals surface area contributed by atoms with Crippen molar-refractivity contribution in [2.45, 2.75) is 52.9 Å². The van der Waals surface area contributed by atoms with Gasteiger partial charge in [-0.25, -0.2) is 9.97 Å². The quantitative estimate of drug-likeness (QED) is 0.891. The minimum absolute atomic E-state index is 0.362. The van der Waals surface area contributed by atoms with Gasteiger partial charge < -0.3 is 10.2 Å². The van der Waals surface area contributed by atoms with Crippen LogP contribution >= 0.6 is 0 Å². The second kappa shape index (κ2) is 6.91. The van der Waals surface area contributed by atoms with E-state index < -0.39 is 0 Å². The molecule has 1 saturated heterocycles. The van der Waals surface area contributed by atoms with E-state index in [1.807, 2.05) is 0 Å². The second-order valence-electron chi connectivity index (χ2n) is 5.99. The van der Waals surface area contributed by atoms with Crippen LogP contribution < -0.4 is 10.2 Å². The van der Waals surface area contributed by atoms with E-state index in [1.54, 1.807) is 0 Å². The van der Waals surface area contributed by atoms with E-state index in [9.17, 15) is 0 Å². The van der Waals surface area contributed by atoms with Crippen molar-refractivity contribution in [2.75, 3.05) is 29.9 Å². The summed E-state index contributed by atoms with van der Waals surface area (Å²) in [5.74, 6) is 4.25. The van der Waals surface area contributed by atoms with E-state index in [1.165, 1.54) is 19.3 Å². The Morgan fingerprint density at radius 2 is 1.95 bits per heavy atom. The van der Waals surface area contributed by atoms with E-state index >= 15 is 0 Å². The van der Waals surface area contributed by atoms with E-state index in [0.717, 1.165) is 43.0 Å². The van der Waals surface area contributed by atoms with Gasteiger partial charge in [-0.15, -0.1) is 0 Å². The summed E-state index contributed by atoms with van der Waals surface area (Å²) in [7, 11) is 0. The van der Waals surface area contributed by atoms with Crippen molar-refractivity contribution in [2.24, 2.45) is 5.92 Å². The van der Waals surface area contributed by atoms with Gasteiger partial charge in [0.25, 0.3) is 0 Å². The number of nitrogens with one attached hydrogen (secondary N) is 1. The molecule has 1 aliphatic heterocycles. The maximum absolute atomic E-state index is 4.76. The highest BCUT2D eigenvalue weighted by atomic mass is 15.2. The van der Waals surface area contributed by atoms with Gasteiger partial charge in [-0.1, -0.05) is 27.2 Å². The molecule has 0 unspecified atom stereocenters. The van der Waals surface area contributed by atoms with E-state index in [4.69, 9.17) is 4.98 Å². The molecule has 0 spiro atoms. The van der Waals surface area contributed by atoms with Gasteiger partial charge in [0.15, 0.2) is 0 Å². The predicted molar refractivity (Wildman–Crippen MR) is 85.5 cm³/mol. The van der Waals surface area contributed by atoms with Crippen molar-refractivity contribution in [3.8, 4) is 0 Å². The summed E-state index contributed by atoms with van der Waals surface area (Å²) in [6, 6.07) is 2.10. The summed E-state index contributed by atoms with van der Waals surface area (Å²) in [5.41, 5.74) is 0. The zero-order valence-corrected chi connectivity index (χ0v) is 13.3. The Kier molecular flexibility index (Phi) is 5.21. The van der Waals surface area contributed by atoms with Crippen molar-refractivity contribution >= 4 is 11.6 Å². The zero-order chi connectivity index (χ0) is 14.5. The first-order chi connectivity index (χ1) is 9.63. The highest BCUT2D eigenvalue weighted by molar-refractivity contribution is 5.50. The fourth-order valence-electron chi connectivity index (χ4n) is 2.71. The molecule has 20 heavy (non-hydrogen) atoms. The first kappa shape index (κ1) is 15.1. The van der Waals surface area contributed by atoms with Gasteiger partial charge in [0.2, 0.25) is 0 Å². The minimum Gasteiger partial charge on any atom is -0.370 e. The number of anilines is 2. The molecule has 1 N–H and O–H groups in total. The van der Waals surface area contributed by atoms with Crippen molar-refractivity contribution in [1.82, 2.24) is 9.97 Å². The van der Waals surface area contributed by atoms with E-state index in [-0.39, 0.29) is 0 Å². The smallest absolute Gasteiger partial charge is 0.135 e. The molecular formula is C16H28N4. The van der Waals surface area contributed by atoms with Crippen molar-refractivity contribution in [3.05, 3.63) is 11.9 Å². The maximum atomic E-state index is 4.76. The topological polar surface area (TPSA) is 41.0 Å². The van der Waals surface area contributed by atoms with Crippen LogP contribution in [0.2, 0.25) is 0 Å². The first-order valence-electron chi connectivity index (χ1n) is 8.01. The van der Waals surface area contributed by atoms with Crippen LogP contribution in [-0.4, -0.2) is 29.6 Å². The maximum Gasteiger partial charge on any atom is 0.135 e. The average molecular weight is 276 g/mol. The first-order valence-corrected chi connectivity index (χ1v) is 8.01. The Morgan fingerprint density at radius 3 is 2.50 bits per heavy atom. The van der Waals surface area contributed by atoms with Crippen LogP contribution in [0.25, 0.3) is 0 Å². The van der Waals surface area contributed by atoms with Crippen LogP contribution in [0, 0.1) is 5.92 Å². The highest BCUT2D eigenvalue weighted by Gasteiger charge is 2.20. The van der Waals surface area contributed by atoms with Gasteiger partial charge in [0.1, 0.15) is 17.5 Å². The number of rotatable bonds is 5. The summed E-state index contributed by atoms with van der Waals surface area (Å²) >= 11 is 0. The molecule has 0 saturated carbocycles. The molecule has 2 rings (SSSR count). The lowest BCUT2D eigenvalue weighted by atomic mass is 9.94. The number of aromatic nitrogens is 2. The van der Waals surface area contributed by atoms with Gasteiger partial charge in [-0.05, 0) is 25.7 Å². The minimum atomic E-state index is 0.362. The molecule has 0 bridgehead atoms. The molecule has 1 aliphatic rings. The standard InChI is InChI=1S/C16H28N4/c1-5-13-7-9-20(10-8-13)15-11-14(17-6-2)18-16(19-15)12(3)4/h11-13H,5-10H2,1-4H3,(H,17,18,19). The molecule has 0 amide bonds. The van der Waals surface area contributed by atoms with Crippen LogP contribution in [0.15, 0.2) is 6.07 Å². The van der Waals surface area contributed by atoms with E-state index in [0.29, 0.717) is 5.92 Å². The Labute approximate surface area is 123 Å². The largest absolute Gasteiger partial charge is 0.370 e. The molecular weight excluding hydrogens is 248 g/mol.